The number of rotatable bonds is 6. The molecule has 0 aliphatic heterocycles. The molecule has 0 bridgehead atoms. The van der Waals surface area contributed by atoms with Crippen LogP contribution >= 0.6 is 0 Å². The van der Waals surface area contributed by atoms with E-state index in [1.165, 1.54) is 0 Å². The zero-order valence-corrected chi connectivity index (χ0v) is 14.1. The summed E-state index contributed by atoms with van der Waals surface area (Å²) in [5, 5.41) is 8.04. The molecular formula is C18H17N5O3. The van der Waals surface area contributed by atoms with Crippen LogP contribution in [0.3, 0.4) is 0 Å². The Kier molecular flexibility index (Phi) is 4.02. The summed E-state index contributed by atoms with van der Waals surface area (Å²) >= 11 is 0. The summed E-state index contributed by atoms with van der Waals surface area (Å²) in [4.78, 5) is 19.3. The van der Waals surface area contributed by atoms with Gasteiger partial charge in [-0.1, -0.05) is 0 Å². The number of primary amides is 1. The van der Waals surface area contributed by atoms with Crippen molar-refractivity contribution >= 4 is 27.8 Å². The van der Waals surface area contributed by atoms with E-state index in [9.17, 15) is 4.79 Å². The third-order valence-electron chi connectivity index (χ3n) is 4.08. The van der Waals surface area contributed by atoms with Crippen LogP contribution in [0.1, 0.15) is 10.4 Å². The lowest BCUT2D eigenvalue weighted by Gasteiger charge is -2.04. The number of hydrogen-bond acceptors (Lipinski definition) is 5. The summed E-state index contributed by atoms with van der Waals surface area (Å²) in [6.45, 7) is 0.997. The lowest BCUT2D eigenvalue weighted by molar-refractivity contribution is 0.100. The molecule has 0 aliphatic rings. The fourth-order valence-electron chi connectivity index (χ4n) is 2.78. The van der Waals surface area contributed by atoms with Crippen LogP contribution in [0, 0.1) is 0 Å². The number of nitrogens with one attached hydrogen (secondary N) is 2. The van der Waals surface area contributed by atoms with E-state index in [4.69, 9.17) is 15.2 Å². The minimum Gasteiger partial charge on any atom is -0.491 e. The van der Waals surface area contributed by atoms with E-state index in [0.29, 0.717) is 30.3 Å². The Bertz CT molecular complexity index is 1100. The summed E-state index contributed by atoms with van der Waals surface area (Å²) in [6, 6.07) is 10.8. The van der Waals surface area contributed by atoms with Crippen LogP contribution in [0.25, 0.3) is 33.5 Å². The van der Waals surface area contributed by atoms with Crippen molar-refractivity contribution in [3.8, 4) is 17.3 Å². The van der Waals surface area contributed by atoms with Crippen LogP contribution in [0.15, 0.2) is 36.4 Å². The summed E-state index contributed by atoms with van der Waals surface area (Å²) in [7, 11) is 1.63. The minimum absolute atomic E-state index is 0.421. The Morgan fingerprint density at radius 1 is 1.15 bits per heavy atom. The Morgan fingerprint density at radius 3 is 2.85 bits per heavy atom. The maximum atomic E-state index is 11.4. The fourth-order valence-corrected chi connectivity index (χ4v) is 2.78. The highest BCUT2D eigenvalue weighted by Crippen LogP contribution is 2.28. The lowest BCUT2D eigenvalue weighted by atomic mass is 10.1. The molecule has 8 nitrogen and oxygen atoms in total. The first-order valence-electron chi connectivity index (χ1n) is 8.05. The number of benzene rings is 2. The first-order chi connectivity index (χ1) is 12.7. The number of carbonyl (C=O) groups excluding carboxylic acids is 1. The molecule has 0 unspecified atom stereocenters. The van der Waals surface area contributed by atoms with Gasteiger partial charge in [0.25, 0.3) is 0 Å². The average molecular weight is 351 g/mol. The zero-order chi connectivity index (χ0) is 18.1. The number of H-pyrrole nitrogens is 2. The van der Waals surface area contributed by atoms with Crippen molar-refractivity contribution in [3.05, 3.63) is 42.0 Å². The third-order valence-corrected chi connectivity index (χ3v) is 4.08. The minimum atomic E-state index is -0.485. The van der Waals surface area contributed by atoms with Crippen molar-refractivity contribution in [1.29, 1.82) is 0 Å². The molecule has 4 aromatic rings. The van der Waals surface area contributed by atoms with Gasteiger partial charge in [-0.05, 0) is 30.3 Å². The summed E-state index contributed by atoms with van der Waals surface area (Å²) in [5.74, 6) is 0.844. The maximum Gasteiger partial charge on any atom is 0.248 e. The van der Waals surface area contributed by atoms with Crippen LogP contribution in [-0.4, -0.2) is 46.4 Å². The second kappa shape index (κ2) is 6.49. The monoisotopic (exact) mass is 351 g/mol. The van der Waals surface area contributed by atoms with Gasteiger partial charge in [0.1, 0.15) is 18.1 Å². The van der Waals surface area contributed by atoms with Gasteiger partial charge in [0.05, 0.1) is 23.2 Å². The van der Waals surface area contributed by atoms with Gasteiger partial charge in [0.2, 0.25) is 5.91 Å². The standard InChI is InChI=1S/C18H17N5O3/c1-25-6-7-26-11-3-5-14-15(9-11)21-18(20-14)16-12-8-10(17(19)24)2-4-13(12)22-23-16/h2-5,8-9H,6-7H2,1H3,(H2,19,24)(H,20,21)(H,22,23). The maximum absolute atomic E-state index is 11.4. The molecule has 2 aromatic carbocycles. The number of hydrogen-bond donors (Lipinski definition) is 3. The van der Waals surface area contributed by atoms with Crippen LogP contribution in [-0.2, 0) is 4.74 Å². The number of imidazole rings is 1. The number of aromatic amines is 2. The Labute approximate surface area is 148 Å². The van der Waals surface area contributed by atoms with Crippen molar-refractivity contribution < 1.29 is 14.3 Å². The number of fused-ring (bicyclic) bond motifs is 2. The van der Waals surface area contributed by atoms with Crippen molar-refractivity contribution in [3.63, 3.8) is 0 Å². The van der Waals surface area contributed by atoms with E-state index < -0.39 is 5.91 Å². The Morgan fingerprint density at radius 2 is 2.04 bits per heavy atom. The molecule has 0 fully saturated rings. The summed E-state index contributed by atoms with van der Waals surface area (Å²) in [6.07, 6.45) is 0. The Hall–Kier alpha value is -3.39. The van der Waals surface area contributed by atoms with Gasteiger partial charge >= 0.3 is 0 Å². The van der Waals surface area contributed by atoms with E-state index in [-0.39, 0.29) is 0 Å². The van der Waals surface area contributed by atoms with Gasteiger partial charge in [-0.25, -0.2) is 4.98 Å². The Balaban J connectivity index is 1.73. The zero-order valence-electron chi connectivity index (χ0n) is 14.1. The van der Waals surface area contributed by atoms with Crippen molar-refractivity contribution in [2.24, 2.45) is 5.73 Å². The molecule has 26 heavy (non-hydrogen) atoms. The molecule has 0 saturated carbocycles. The normalized spacial score (nSPS) is 11.3. The molecule has 0 saturated heterocycles. The predicted octanol–water partition coefficient (Wildman–Crippen LogP) is 2.23. The molecular weight excluding hydrogens is 334 g/mol. The summed E-state index contributed by atoms with van der Waals surface area (Å²) < 4.78 is 10.6. The number of nitrogens with two attached hydrogens (primary N) is 1. The van der Waals surface area contributed by atoms with Gasteiger partial charge in [0.15, 0.2) is 5.82 Å². The third kappa shape index (κ3) is 2.86. The molecule has 0 atom stereocenters. The fraction of sp³-hybridized carbons (Fsp3) is 0.167. The van der Waals surface area contributed by atoms with Crippen LogP contribution in [0.4, 0.5) is 0 Å². The smallest absolute Gasteiger partial charge is 0.248 e. The molecule has 0 aliphatic carbocycles. The van der Waals surface area contributed by atoms with Gasteiger partial charge < -0.3 is 20.2 Å². The molecule has 0 radical (unpaired) electrons. The van der Waals surface area contributed by atoms with E-state index in [0.717, 1.165) is 27.7 Å². The molecule has 4 N–H and O–H groups in total. The molecule has 132 valence electrons. The molecule has 1 amide bonds. The summed E-state index contributed by atoms with van der Waals surface area (Å²) in [5.41, 5.74) is 8.85. The van der Waals surface area contributed by atoms with E-state index in [1.807, 2.05) is 18.2 Å². The van der Waals surface area contributed by atoms with E-state index >= 15 is 0 Å². The van der Waals surface area contributed by atoms with Gasteiger partial charge in [-0.15, -0.1) is 0 Å². The van der Waals surface area contributed by atoms with Crippen LogP contribution in [0.2, 0.25) is 0 Å². The number of amides is 1. The molecule has 2 heterocycles. The number of ether oxygens (including phenoxy) is 2. The van der Waals surface area contributed by atoms with E-state index in [2.05, 4.69) is 20.2 Å². The number of nitrogens with zero attached hydrogens (tertiary/aromatic N) is 2. The number of carbonyl (C=O) groups is 1. The molecule has 2 aromatic heterocycles. The predicted molar refractivity (Wildman–Crippen MR) is 97.1 cm³/mol. The first kappa shape index (κ1) is 16.1. The van der Waals surface area contributed by atoms with Crippen molar-refractivity contribution in [2.45, 2.75) is 0 Å². The van der Waals surface area contributed by atoms with Gasteiger partial charge in [-0.3, -0.25) is 9.89 Å². The number of aromatic nitrogens is 4. The first-order valence-corrected chi connectivity index (χ1v) is 8.05. The van der Waals surface area contributed by atoms with Gasteiger partial charge in [0, 0.05) is 24.1 Å². The van der Waals surface area contributed by atoms with Gasteiger partial charge in [-0.2, -0.15) is 5.10 Å². The van der Waals surface area contributed by atoms with Crippen LogP contribution < -0.4 is 10.5 Å². The number of methoxy groups -OCH3 is 1. The van der Waals surface area contributed by atoms with E-state index in [1.54, 1.807) is 25.3 Å². The quantitative estimate of drug-likeness (QED) is 0.460. The highest BCUT2D eigenvalue weighted by molar-refractivity contribution is 6.00. The SMILES string of the molecule is COCCOc1ccc2nc(-c3n[nH]c4ccc(C(N)=O)cc34)[nH]c2c1. The second-order valence-electron chi connectivity index (χ2n) is 5.80. The highest BCUT2D eigenvalue weighted by Gasteiger charge is 2.14. The lowest BCUT2D eigenvalue weighted by Crippen LogP contribution is -2.10. The topological polar surface area (TPSA) is 119 Å². The largest absolute Gasteiger partial charge is 0.491 e. The second-order valence-corrected chi connectivity index (χ2v) is 5.80. The van der Waals surface area contributed by atoms with Crippen LogP contribution in [0.5, 0.6) is 5.75 Å². The highest BCUT2D eigenvalue weighted by atomic mass is 16.5. The van der Waals surface area contributed by atoms with Crippen molar-refractivity contribution in [1.82, 2.24) is 20.2 Å². The molecule has 4 rings (SSSR count). The average Bonchev–Trinajstić information content (AvgIpc) is 3.24. The molecule has 8 heteroatoms. The molecule has 0 spiro atoms. The van der Waals surface area contributed by atoms with Crippen molar-refractivity contribution in [2.75, 3.05) is 20.3 Å².